The Hall–Kier alpha value is 0.860. The van der Waals surface area contributed by atoms with Gasteiger partial charge in [0.25, 0.3) is 0 Å². The van der Waals surface area contributed by atoms with E-state index >= 15 is 0 Å². The zero-order chi connectivity index (χ0) is 21.9. The maximum atomic E-state index is 2.56. The van der Waals surface area contributed by atoms with Gasteiger partial charge in [-0.25, -0.2) is 0 Å². The Morgan fingerprint density at radius 3 is 1.31 bits per heavy atom. The van der Waals surface area contributed by atoms with E-state index in [1.807, 2.05) is 0 Å². The van der Waals surface area contributed by atoms with Crippen LogP contribution in [0.15, 0.2) is 0 Å². The summed E-state index contributed by atoms with van der Waals surface area (Å²) in [5, 5.41) is 0. The van der Waals surface area contributed by atoms with E-state index in [1.54, 1.807) is 18.7 Å². The molecule has 6 atom stereocenters. The first-order chi connectivity index (χ1) is 13.5. The van der Waals surface area contributed by atoms with Crippen LogP contribution in [-0.2, 0) is 0 Å². The molecule has 0 aromatic carbocycles. The molecule has 0 bridgehead atoms. The van der Waals surface area contributed by atoms with Gasteiger partial charge in [0.2, 0.25) is 0 Å². The number of hydrogen-bond acceptors (Lipinski definition) is 0. The Kier molecular flexibility index (Phi) is 10.5. The maximum absolute atomic E-state index is 2.56. The Morgan fingerprint density at radius 1 is 0.621 bits per heavy atom. The molecular weight excluding hydrogens is 386 g/mol. The Morgan fingerprint density at radius 2 is 1.00 bits per heavy atom. The van der Waals surface area contributed by atoms with Crippen LogP contribution in [0.25, 0.3) is 0 Å². The minimum atomic E-state index is 0.131. The predicted molar refractivity (Wildman–Crippen MR) is 139 cm³/mol. The average Bonchev–Trinajstić information content (AvgIpc) is 2.61. The Labute approximate surface area is 187 Å². The molecule has 2 saturated carbocycles. The van der Waals surface area contributed by atoms with Crippen molar-refractivity contribution < 1.29 is 0 Å². The molecule has 0 radical (unpaired) electrons. The van der Waals surface area contributed by atoms with E-state index in [-0.39, 0.29) is 15.8 Å². The number of rotatable bonds is 8. The fraction of sp³-hybridized carbons (Fsp3) is 1.00. The van der Waals surface area contributed by atoms with Crippen LogP contribution in [0.1, 0.15) is 108 Å². The first kappa shape index (κ1) is 26.1. The summed E-state index contributed by atoms with van der Waals surface area (Å²) in [7, 11) is 0.287. The van der Waals surface area contributed by atoms with Gasteiger partial charge in [0.15, 0.2) is 0 Å². The van der Waals surface area contributed by atoms with E-state index in [0.29, 0.717) is 0 Å². The van der Waals surface area contributed by atoms with Crippen molar-refractivity contribution in [1.82, 2.24) is 0 Å². The Bertz CT molecular complexity index is 429. The molecule has 0 unspecified atom stereocenters. The van der Waals surface area contributed by atoms with Crippen molar-refractivity contribution in [3.05, 3.63) is 0 Å². The van der Waals surface area contributed by atoms with Gasteiger partial charge in [-0.05, 0) is 89.7 Å². The normalized spacial score (nSPS) is 34.3. The quantitative estimate of drug-likeness (QED) is 0.329. The minimum absolute atomic E-state index is 0.131. The van der Waals surface area contributed by atoms with Gasteiger partial charge in [-0.2, -0.15) is 0 Å². The lowest BCUT2D eigenvalue weighted by Crippen LogP contribution is -2.39. The highest BCUT2D eigenvalue weighted by atomic mass is 31.2. The van der Waals surface area contributed by atoms with Crippen molar-refractivity contribution in [3.63, 3.8) is 0 Å². The molecule has 2 rings (SSSR count). The predicted octanol–water partition coefficient (Wildman–Crippen LogP) is 9.65. The molecule has 0 nitrogen and oxygen atoms in total. The SMILES string of the molecule is CC(C)[C@@H]1CC[C@@H](C)C[C@H]1P(CP(C(C)C)C(C)C)[C@@H]1C[C@H](C)CC[C@H]1C(C)C. The minimum Gasteiger partial charge on any atom is -0.0970 e. The second-order valence-electron chi connectivity index (χ2n) is 12.1. The van der Waals surface area contributed by atoms with Crippen LogP contribution in [0, 0.1) is 35.5 Å². The molecule has 0 spiro atoms. The standard InChI is InChI=1S/C27H54P2/c1-18(2)24-13-11-22(9)15-26(24)29(17-28(20(5)6)21(7)8)27-16-23(10)12-14-25(27)19(3)4/h18-27H,11-17H2,1-10H3/t22-,23-,24+,25+,26-,27-/m1/s1. The molecule has 0 saturated heterocycles. The van der Waals surface area contributed by atoms with Crippen LogP contribution in [0.5, 0.6) is 0 Å². The molecule has 0 aliphatic heterocycles. The Balaban J connectivity index is 2.42. The summed E-state index contributed by atoms with van der Waals surface area (Å²) in [5.41, 5.74) is 3.89. The maximum Gasteiger partial charge on any atom is -0.0111 e. The monoisotopic (exact) mass is 440 g/mol. The van der Waals surface area contributed by atoms with Crippen molar-refractivity contribution in [2.45, 2.75) is 130 Å². The largest absolute Gasteiger partial charge is 0.0970 e. The van der Waals surface area contributed by atoms with E-state index in [4.69, 9.17) is 0 Å². The first-order valence-electron chi connectivity index (χ1n) is 13.0. The van der Waals surface area contributed by atoms with Gasteiger partial charge in [0.05, 0.1) is 0 Å². The topological polar surface area (TPSA) is 0 Å². The van der Waals surface area contributed by atoms with Gasteiger partial charge in [-0.3, -0.25) is 0 Å². The lowest BCUT2D eigenvalue weighted by molar-refractivity contribution is 0.223. The smallest absolute Gasteiger partial charge is 0.0111 e. The first-order valence-corrected chi connectivity index (χ1v) is 16.4. The molecule has 0 heterocycles. The van der Waals surface area contributed by atoms with Crippen LogP contribution in [-0.4, -0.2) is 28.5 Å². The zero-order valence-electron chi connectivity index (χ0n) is 21.6. The average molecular weight is 441 g/mol. The molecule has 0 N–H and O–H groups in total. The van der Waals surface area contributed by atoms with Crippen molar-refractivity contribution in [2.75, 3.05) is 5.90 Å². The summed E-state index contributed by atoms with van der Waals surface area (Å²) < 4.78 is 0. The molecule has 0 amide bonds. The van der Waals surface area contributed by atoms with Gasteiger partial charge in [0, 0.05) is 0 Å². The molecular formula is C27H54P2. The highest BCUT2D eigenvalue weighted by molar-refractivity contribution is 7.76. The lowest BCUT2D eigenvalue weighted by atomic mass is 9.76. The third-order valence-corrected chi connectivity index (χ3v) is 16.6. The summed E-state index contributed by atoms with van der Waals surface area (Å²) in [6.45, 7) is 25.4. The van der Waals surface area contributed by atoms with Gasteiger partial charge in [-0.15, -0.1) is 0 Å². The van der Waals surface area contributed by atoms with Gasteiger partial charge in [-0.1, -0.05) is 97.9 Å². The molecule has 2 aliphatic carbocycles. The van der Waals surface area contributed by atoms with Crippen molar-refractivity contribution >= 4 is 15.8 Å². The third kappa shape index (κ3) is 6.92. The van der Waals surface area contributed by atoms with E-state index < -0.39 is 0 Å². The van der Waals surface area contributed by atoms with Crippen molar-refractivity contribution in [3.8, 4) is 0 Å². The summed E-state index contributed by atoms with van der Waals surface area (Å²) in [5.74, 6) is 7.30. The third-order valence-electron chi connectivity index (χ3n) is 8.48. The van der Waals surface area contributed by atoms with Crippen LogP contribution in [0.2, 0.25) is 0 Å². The second kappa shape index (κ2) is 11.6. The fourth-order valence-electron chi connectivity index (χ4n) is 6.63. The molecule has 172 valence electrons. The highest BCUT2D eigenvalue weighted by Crippen LogP contribution is 2.67. The number of hydrogen-bond donors (Lipinski definition) is 0. The van der Waals surface area contributed by atoms with Crippen molar-refractivity contribution in [2.24, 2.45) is 35.5 Å². The van der Waals surface area contributed by atoms with Crippen LogP contribution < -0.4 is 0 Å². The molecule has 29 heavy (non-hydrogen) atoms. The van der Waals surface area contributed by atoms with Gasteiger partial charge in [0.1, 0.15) is 0 Å². The highest BCUT2D eigenvalue weighted by Gasteiger charge is 2.44. The lowest BCUT2D eigenvalue weighted by Gasteiger charge is -2.51. The molecule has 2 fully saturated rings. The van der Waals surface area contributed by atoms with Crippen molar-refractivity contribution in [1.29, 1.82) is 0 Å². The molecule has 2 heteroatoms. The zero-order valence-corrected chi connectivity index (χ0v) is 23.4. The molecule has 2 aliphatic rings. The van der Waals surface area contributed by atoms with Crippen LogP contribution in [0.4, 0.5) is 0 Å². The molecule has 0 aromatic rings. The van der Waals surface area contributed by atoms with Gasteiger partial charge >= 0.3 is 0 Å². The summed E-state index contributed by atoms with van der Waals surface area (Å²) in [4.78, 5) is 0. The van der Waals surface area contributed by atoms with Gasteiger partial charge < -0.3 is 0 Å². The van der Waals surface area contributed by atoms with E-state index in [0.717, 1.165) is 58.1 Å². The van der Waals surface area contributed by atoms with E-state index in [1.165, 1.54) is 25.7 Å². The van der Waals surface area contributed by atoms with Crippen LogP contribution in [0.3, 0.4) is 0 Å². The summed E-state index contributed by atoms with van der Waals surface area (Å²) in [6, 6.07) is 0. The summed E-state index contributed by atoms with van der Waals surface area (Å²) in [6.07, 6.45) is 9.09. The summed E-state index contributed by atoms with van der Waals surface area (Å²) >= 11 is 0. The van der Waals surface area contributed by atoms with E-state index in [9.17, 15) is 0 Å². The van der Waals surface area contributed by atoms with Crippen LogP contribution >= 0.6 is 15.8 Å². The fourth-order valence-corrected chi connectivity index (χ4v) is 17.3. The molecule has 0 aromatic heterocycles. The second-order valence-corrected chi connectivity index (χ2v) is 18.7. The van der Waals surface area contributed by atoms with E-state index in [2.05, 4.69) is 69.2 Å².